The first-order valence-electron chi connectivity index (χ1n) is 4.37. The molecule has 0 aliphatic heterocycles. The topological polar surface area (TPSA) is 45.2 Å². The lowest BCUT2D eigenvalue weighted by Crippen LogP contribution is -2.29. The molecule has 0 spiro atoms. The summed E-state index contributed by atoms with van der Waals surface area (Å²) in [7, 11) is 3.03. The van der Waals surface area contributed by atoms with Crippen molar-refractivity contribution in [3.05, 3.63) is 23.6 Å². The van der Waals surface area contributed by atoms with E-state index in [1.165, 1.54) is 19.0 Å². The van der Waals surface area contributed by atoms with Gasteiger partial charge in [0.05, 0.1) is 6.54 Å². The predicted molar refractivity (Wildman–Crippen MR) is 51.3 cm³/mol. The normalized spacial score (nSPS) is 10.1. The Morgan fingerprint density at radius 2 is 2.00 bits per heavy atom. The van der Waals surface area contributed by atoms with Crippen LogP contribution in [-0.2, 0) is 4.79 Å². The number of aromatic nitrogens is 1. The molecule has 16 heavy (non-hydrogen) atoms. The summed E-state index contributed by atoms with van der Waals surface area (Å²) in [5.41, 5.74) is 0. The van der Waals surface area contributed by atoms with Crippen LogP contribution in [0.25, 0.3) is 0 Å². The molecule has 0 fully saturated rings. The first kappa shape index (κ1) is 12.3. The second-order valence-corrected chi connectivity index (χ2v) is 3.23. The van der Waals surface area contributed by atoms with Gasteiger partial charge in [-0.25, -0.2) is 8.78 Å². The monoisotopic (exact) mass is 233 g/mol. The van der Waals surface area contributed by atoms with Gasteiger partial charge in [-0.3, -0.25) is 4.79 Å². The van der Waals surface area contributed by atoms with E-state index in [0.29, 0.717) is 6.07 Å². The van der Waals surface area contributed by atoms with Crippen molar-refractivity contribution in [2.75, 3.05) is 26.0 Å². The number of nitrogens with zero attached hydrogens (tertiary/aromatic N) is 2. The Hall–Kier alpha value is -1.79. The quantitative estimate of drug-likeness (QED) is 0.792. The largest absolute Gasteiger partial charge is 0.358 e. The molecule has 88 valence electrons. The first-order valence-corrected chi connectivity index (χ1v) is 4.37. The van der Waals surface area contributed by atoms with Crippen LogP contribution >= 0.6 is 0 Å². The SMILES string of the molecule is CN(C)C(=O)CNc1nc(F)c(F)cc1F. The number of likely N-dealkylation sites (N-methyl/N-ethyl adjacent to an activating group) is 1. The van der Waals surface area contributed by atoms with Crippen molar-refractivity contribution >= 4 is 11.7 Å². The third kappa shape index (κ3) is 2.85. The molecule has 0 saturated heterocycles. The lowest BCUT2D eigenvalue weighted by Gasteiger charge is -2.11. The molecular weight excluding hydrogens is 223 g/mol. The molecule has 7 heteroatoms. The number of carbonyl (C=O) groups excluding carboxylic acids is 1. The molecule has 1 rings (SSSR count). The second-order valence-electron chi connectivity index (χ2n) is 3.23. The maximum atomic E-state index is 13.0. The molecule has 0 atom stereocenters. The number of anilines is 1. The van der Waals surface area contributed by atoms with Crippen LogP contribution in [0.2, 0.25) is 0 Å². The summed E-state index contributed by atoms with van der Waals surface area (Å²) in [6, 6.07) is 0.366. The summed E-state index contributed by atoms with van der Waals surface area (Å²) < 4.78 is 38.2. The minimum Gasteiger partial charge on any atom is -0.358 e. The van der Waals surface area contributed by atoms with Gasteiger partial charge in [0.2, 0.25) is 5.91 Å². The van der Waals surface area contributed by atoms with E-state index in [-0.39, 0.29) is 12.5 Å². The Morgan fingerprint density at radius 1 is 1.38 bits per heavy atom. The zero-order chi connectivity index (χ0) is 12.3. The molecule has 1 aromatic rings. The van der Waals surface area contributed by atoms with Crippen molar-refractivity contribution in [1.29, 1.82) is 0 Å². The van der Waals surface area contributed by atoms with Gasteiger partial charge in [0.1, 0.15) is 0 Å². The van der Waals surface area contributed by atoms with Gasteiger partial charge in [-0.05, 0) is 0 Å². The third-order valence-corrected chi connectivity index (χ3v) is 1.79. The van der Waals surface area contributed by atoms with Gasteiger partial charge in [0.25, 0.3) is 5.95 Å². The summed E-state index contributed by atoms with van der Waals surface area (Å²) in [5.74, 6) is -4.67. The lowest BCUT2D eigenvalue weighted by molar-refractivity contribution is -0.126. The zero-order valence-corrected chi connectivity index (χ0v) is 8.72. The van der Waals surface area contributed by atoms with Crippen LogP contribution in [0.4, 0.5) is 19.0 Å². The fourth-order valence-electron chi connectivity index (χ4n) is 0.886. The highest BCUT2D eigenvalue weighted by atomic mass is 19.2. The van der Waals surface area contributed by atoms with Gasteiger partial charge in [0, 0.05) is 20.2 Å². The highest BCUT2D eigenvalue weighted by Crippen LogP contribution is 2.13. The maximum absolute atomic E-state index is 13.0. The Kier molecular flexibility index (Phi) is 3.70. The number of hydrogen-bond acceptors (Lipinski definition) is 3. The molecule has 0 unspecified atom stereocenters. The van der Waals surface area contributed by atoms with Crippen LogP contribution in [0.5, 0.6) is 0 Å². The molecule has 0 saturated carbocycles. The van der Waals surface area contributed by atoms with E-state index in [2.05, 4.69) is 10.3 Å². The van der Waals surface area contributed by atoms with Crippen LogP contribution in [0, 0.1) is 17.6 Å². The first-order chi connectivity index (χ1) is 7.41. The van der Waals surface area contributed by atoms with Crippen LogP contribution in [0.1, 0.15) is 0 Å². The summed E-state index contributed by atoms with van der Waals surface area (Å²) in [5, 5.41) is 2.28. The van der Waals surface area contributed by atoms with E-state index >= 15 is 0 Å². The van der Waals surface area contributed by atoms with Gasteiger partial charge in [0.15, 0.2) is 17.5 Å². The van der Waals surface area contributed by atoms with E-state index in [9.17, 15) is 18.0 Å². The van der Waals surface area contributed by atoms with Gasteiger partial charge in [-0.15, -0.1) is 0 Å². The molecule has 1 amide bonds. The highest BCUT2D eigenvalue weighted by Gasteiger charge is 2.12. The van der Waals surface area contributed by atoms with Crippen molar-refractivity contribution in [3.63, 3.8) is 0 Å². The molecule has 0 aliphatic carbocycles. The molecule has 1 heterocycles. The summed E-state index contributed by atoms with van der Waals surface area (Å²) >= 11 is 0. The van der Waals surface area contributed by atoms with Gasteiger partial charge in [-0.1, -0.05) is 0 Å². The van der Waals surface area contributed by atoms with Gasteiger partial charge in [-0.2, -0.15) is 9.37 Å². The molecule has 4 nitrogen and oxygen atoms in total. The van der Waals surface area contributed by atoms with E-state index in [4.69, 9.17) is 0 Å². The minimum atomic E-state index is -1.42. The van der Waals surface area contributed by atoms with Gasteiger partial charge < -0.3 is 10.2 Å². The Morgan fingerprint density at radius 3 is 2.56 bits per heavy atom. The number of halogens is 3. The van der Waals surface area contributed by atoms with Crippen LogP contribution < -0.4 is 5.32 Å². The van der Waals surface area contributed by atoms with Crippen molar-refractivity contribution in [1.82, 2.24) is 9.88 Å². The van der Waals surface area contributed by atoms with Crippen molar-refractivity contribution < 1.29 is 18.0 Å². The van der Waals surface area contributed by atoms with E-state index in [0.717, 1.165) is 0 Å². The van der Waals surface area contributed by atoms with Crippen LogP contribution in [-0.4, -0.2) is 36.4 Å². The number of pyridine rings is 1. The summed E-state index contributed by atoms with van der Waals surface area (Å²) in [6.07, 6.45) is 0. The third-order valence-electron chi connectivity index (χ3n) is 1.79. The van der Waals surface area contributed by atoms with E-state index < -0.39 is 23.4 Å². The van der Waals surface area contributed by atoms with E-state index in [1.54, 1.807) is 0 Å². The molecular formula is C9H10F3N3O. The van der Waals surface area contributed by atoms with Gasteiger partial charge >= 0.3 is 0 Å². The average molecular weight is 233 g/mol. The Balaban J connectivity index is 2.75. The molecule has 1 aromatic heterocycles. The van der Waals surface area contributed by atoms with E-state index in [1.807, 2.05) is 0 Å². The average Bonchev–Trinajstić information content (AvgIpc) is 2.20. The Bertz CT molecular complexity index is 409. The molecule has 0 radical (unpaired) electrons. The smallest absolute Gasteiger partial charge is 0.251 e. The van der Waals surface area contributed by atoms with Crippen LogP contribution in [0.15, 0.2) is 6.07 Å². The number of hydrogen-bond donors (Lipinski definition) is 1. The fourth-order valence-corrected chi connectivity index (χ4v) is 0.886. The van der Waals surface area contributed by atoms with Crippen LogP contribution in [0.3, 0.4) is 0 Å². The number of nitrogens with one attached hydrogen (secondary N) is 1. The molecule has 0 bridgehead atoms. The standard InChI is InChI=1S/C9H10F3N3O/c1-15(2)7(16)4-13-9-6(11)3-5(10)8(12)14-9/h3H,4H2,1-2H3,(H,13,14). The zero-order valence-electron chi connectivity index (χ0n) is 8.72. The van der Waals surface area contributed by atoms with Crippen molar-refractivity contribution in [3.8, 4) is 0 Å². The molecule has 1 N–H and O–H groups in total. The maximum Gasteiger partial charge on any atom is 0.251 e. The molecule has 0 aliphatic rings. The molecule has 0 aromatic carbocycles. The second kappa shape index (κ2) is 4.82. The Labute approximate surface area is 90.1 Å². The lowest BCUT2D eigenvalue weighted by atomic mass is 10.4. The number of rotatable bonds is 3. The van der Waals surface area contributed by atoms with Crippen molar-refractivity contribution in [2.24, 2.45) is 0 Å². The number of carbonyl (C=O) groups is 1. The summed E-state index contributed by atoms with van der Waals surface area (Å²) in [6.45, 7) is -0.248. The minimum absolute atomic E-state index is 0.248. The fraction of sp³-hybridized carbons (Fsp3) is 0.333. The summed E-state index contributed by atoms with van der Waals surface area (Å²) in [4.78, 5) is 15.4. The van der Waals surface area contributed by atoms with Crippen molar-refractivity contribution in [2.45, 2.75) is 0 Å². The number of amides is 1. The predicted octanol–water partition coefficient (Wildman–Crippen LogP) is 0.999. The highest BCUT2D eigenvalue weighted by molar-refractivity contribution is 5.80.